The van der Waals surface area contributed by atoms with Crippen molar-refractivity contribution in [1.29, 1.82) is 0 Å². The monoisotopic (exact) mass is 374 g/mol. The average molecular weight is 375 g/mol. The second-order valence-electron chi connectivity index (χ2n) is 6.78. The third-order valence-corrected chi connectivity index (χ3v) is 6.00. The van der Waals surface area contributed by atoms with E-state index in [0.29, 0.717) is 23.5 Å². The fourth-order valence-corrected chi connectivity index (χ4v) is 4.69. The maximum absolute atomic E-state index is 12.8. The molecule has 26 heavy (non-hydrogen) atoms. The molecule has 5 nitrogen and oxygen atoms in total. The summed E-state index contributed by atoms with van der Waals surface area (Å²) >= 11 is 0. The Bertz CT molecular complexity index is 814. The molecule has 2 atom stereocenters. The first-order valence-electron chi connectivity index (χ1n) is 8.97. The quantitative estimate of drug-likeness (QED) is 0.845. The van der Waals surface area contributed by atoms with Crippen LogP contribution in [0.25, 0.3) is 11.1 Å². The van der Waals surface area contributed by atoms with Gasteiger partial charge in [-0.15, -0.1) is 0 Å². The van der Waals surface area contributed by atoms with Crippen molar-refractivity contribution in [3.05, 3.63) is 54.6 Å². The van der Waals surface area contributed by atoms with Crippen molar-refractivity contribution in [3.8, 4) is 11.1 Å². The van der Waals surface area contributed by atoms with Crippen LogP contribution in [-0.2, 0) is 14.8 Å². The van der Waals surface area contributed by atoms with Crippen LogP contribution in [0.15, 0.2) is 59.5 Å². The van der Waals surface area contributed by atoms with Crippen molar-refractivity contribution >= 4 is 10.0 Å². The van der Waals surface area contributed by atoms with Crippen LogP contribution < -0.4 is 4.72 Å². The van der Waals surface area contributed by atoms with Gasteiger partial charge in [0.2, 0.25) is 10.0 Å². The molecule has 0 radical (unpaired) electrons. The molecule has 0 saturated carbocycles. The first kappa shape index (κ1) is 19.0. The Morgan fingerprint density at radius 1 is 1.00 bits per heavy atom. The van der Waals surface area contributed by atoms with Crippen molar-refractivity contribution in [2.24, 2.45) is 0 Å². The second kappa shape index (κ2) is 8.31. The molecule has 3 rings (SSSR count). The predicted octanol–water partition coefficient (Wildman–Crippen LogP) is 2.74. The Balaban J connectivity index is 1.69. The number of hydrogen-bond donors (Lipinski definition) is 1. The van der Waals surface area contributed by atoms with Crippen molar-refractivity contribution in [3.63, 3.8) is 0 Å². The molecule has 0 aliphatic carbocycles. The van der Waals surface area contributed by atoms with Crippen LogP contribution in [0.5, 0.6) is 0 Å². The van der Waals surface area contributed by atoms with Gasteiger partial charge in [-0.05, 0) is 25.5 Å². The summed E-state index contributed by atoms with van der Waals surface area (Å²) in [4.78, 5) is 2.56. The number of nitrogens with zero attached hydrogens (tertiary/aromatic N) is 1. The molecule has 0 bridgehead atoms. The molecule has 1 fully saturated rings. The Hall–Kier alpha value is -1.73. The SMILES string of the molecule is CC1CN(CCNS(=O)(=O)c2ccccc2-c2ccccc2)CC(C)O1. The molecule has 2 aromatic carbocycles. The standard InChI is InChI=1S/C20H26N2O3S/c1-16-14-22(15-17(2)25-16)13-12-21-26(23,24)20-11-7-6-10-19(20)18-8-4-3-5-9-18/h3-11,16-17,21H,12-15H2,1-2H3. The number of nitrogens with one attached hydrogen (secondary N) is 1. The normalized spacial score (nSPS) is 21.6. The van der Waals surface area contributed by atoms with Crippen LogP contribution in [0.2, 0.25) is 0 Å². The number of benzene rings is 2. The lowest BCUT2D eigenvalue weighted by Gasteiger charge is -2.35. The van der Waals surface area contributed by atoms with Crippen molar-refractivity contribution in [2.75, 3.05) is 26.2 Å². The minimum atomic E-state index is -3.57. The van der Waals surface area contributed by atoms with E-state index < -0.39 is 10.0 Å². The zero-order valence-electron chi connectivity index (χ0n) is 15.3. The maximum atomic E-state index is 12.8. The average Bonchev–Trinajstić information content (AvgIpc) is 2.61. The summed E-state index contributed by atoms with van der Waals surface area (Å²) in [6.07, 6.45) is 0.350. The van der Waals surface area contributed by atoms with Crippen LogP contribution in [0, 0.1) is 0 Å². The highest BCUT2D eigenvalue weighted by molar-refractivity contribution is 7.89. The van der Waals surface area contributed by atoms with Gasteiger partial charge in [-0.2, -0.15) is 0 Å². The Morgan fingerprint density at radius 2 is 1.62 bits per heavy atom. The molecule has 140 valence electrons. The summed E-state index contributed by atoms with van der Waals surface area (Å²) in [5, 5.41) is 0. The first-order valence-corrected chi connectivity index (χ1v) is 10.5. The van der Waals surface area contributed by atoms with Gasteiger partial charge in [0, 0.05) is 31.7 Å². The van der Waals surface area contributed by atoms with Crippen LogP contribution in [0.1, 0.15) is 13.8 Å². The lowest BCUT2D eigenvalue weighted by Crippen LogP contribution is -2.47. The molecule has 1 saturated heterocycles. The van der Waals surface area contributed by atoms with Gasteiger partial charge < -0.3 is 4.74 Å². The van der Waals surface area contributed by atoms with E-state index in [-0.39, 0.29) is 12.2 Å². The van der Waals surface area contributed by atoms with Gasteiger partial charge in [-0.1, -0.05) is 48.5 Å². The minimum Gasteiger partial charge on any atom is -0.373 e. The third-order valence-electron chi connectivity index (χ3n) is 4.48. The van der Waals surface area contributed by atoms with Gasteiger partial charge in [0.25, 0.3) is 0 Å². The van der Waals surface area contributed by atoms with E-state index in [2.05, 4.69) is 9.62 Å². The van der Waals surface area contributed by atoms with E-state index in [9.17, 15) is 8.42 Å². The summed E-state index contributed by atoms with van der Waals surface area (Å²) in [7, 11) is -3.57. The summed E-state index contributed by atoms with van der Waals surface area (Å²) in [6.45, 7) is 6.79. The zero-order valence-corrected chi connectivity index (χ0v) is 16.1. The Kier molecular flexibility index (Phi) is 6.09. The van der Waals surface area contributed by atoms with Crippen LogP contribution in [0.3, 0.4) is 0 Å². The molecule has 1 aliphatic heterocycles. The number of rotatable bonds is 6. The van der Waals surface area contributed by atoms with Gasteiger partial charge in [0.1, 0.15) is 0 Å². The van der Waals surface area contributed by atoms with Crippen LogP contribution >= 0.6 is 0 Å². The van der Waals surface area contributed by atoms with E-state index in [0.717, 1.165) is 18.7 Å². The Morgan fingerprint density at radius 3 is 2.31 bits per heavy atom. The smallest absolute Gasteiger partial charge is 0.241 e. The Labute approximate surface area is 156 Å². The fourth-order valence-electron chi connectivity index (χ4n) is 3.44. The summed E-state index contributed by atoms with van der Waals surface area (Å²) < 4.78 is 34.2. The van der Waals surface area contributed by atoms with Gasteiger partial charge in [0.15, 0.2) is 0 Å². The van der Waals surface area contributed by atoms with Gasteiger partial charge >= 0.3 is 0 Å². The summed E-state index contributed by atoms with van der Waals surface area (Å²) in [5.74, 6) is 0. The minimum absolute atomic E-state index is 0.175. The van der Waals surface area contributed by atoms with E-state index in [4.69, 9.17) is 4.74 Å². The molecule has 0 aromatic heterocycles. The molecular formula is C20H26N2O3S. The van der Waals surface area contributed by atoms with Crippen LogP contribution in [-0.4, -0.2) is 51.7 Å². The van der Waals surface area contributed by atoms with E-state index in [1.165, 1.54) is 0 Å². The molecule has 0 amide bonds. The lowest BCUT2D eigenvalue weighted by molar-refractivity contribution is -0.0671. The number of sulfonamides is 1. The highest BCUT2D eigenvalue weighted by Gasteiger charge is 2.23. The second-order valence-corrected chi connectivity index (χ2v) is 8.51. The fraction of sp³-hybridized carbons (Fsp3) is 0.400. The highest BCUT2D eigenvalue weighted by Crippen LogP contribution is 2.26. The van der Waals surface area contributed by atoms with Crippen molar-refractivity contribution < 1.29 is 13.2 Å². The lowest BCUT2D eigenvalue weighted by atomic mass is 10.1. The van der Waals surface area contributed by atoms with E-state index in [1.54, 1.807) is 12.1 Å². The number of ether oxygens (including phenoxy) is 1. The first-order chi connectivity index (χ1) is 12.5. The van der Waals surface area contributed by atoms with Gasteiger partial charge in [-0.3, -0.25) is 4.90 Å². The maximum Gasteiger partial charge on any atom is 0.241 e. The molecular weight excluding hydrogens is 348 g/mol. The third kappa shape index (κ3) is 4.71. The predicted molar refractivity (Wildman–Crippen MR) is 104 cm³/mol. The molecule has 2 aromatic rings. The largest absolute Gasteiger partial charge is 0.373 e. The summed E-state index contributed by atoms with van der Waals surface area (Å²) in [5.41, 5.74) is 1.61. The number of morpholine rings is 1. The zero-order chi connectivity index (χ0) is 18.6. The van der Waals surface area contributed by atoms with E-state index >= 15 is 0 Å². The molecule has 1 N–H and O–H groups in total. The molecule has 1 aliphatic rings. The molecule has 6 heteroatoms. The summed E-state index contributed by atoms with van der Waals surface area (Å²) in [6, 6.07) is 16.7. The molecule has 2 unspecified atom stereocenters. The van der Waals surface area contributed by atoms with Gasteiger partial charge in [-0.25, -0.2) is 13.1 Å². The van der Waals surface area contributed by atoms with Gasteiger partial charge in [0.05, 0.1) is 17.1 Å². The van der Waals surface area contributed by atoms with Crippen LogP contribution in [0.4, 0.5) is 0 Å². The number of hydrogen-bond acceptors (Lipinski definition) is 4. The topological polar surface area (TPSA) is 58.6 Å². The highest BCUT2D eigenvalue weighted by atomic mass is 32.2. The molecule has 1 heterocycles. The molecule has 0 spiro atoms. The van der Waals surface area contributed by atoms with E-state index in [1.807, 2.05) is 56.3 Å². The van der Waals surface area contributed by atoms with Crippen molar-refractivity contribution in [1.82, 2.24) is 9.62 Å². The van der Waals surface area contributed by atoms with Crippen molar-refractivity contribution in [2.45, 2.75) is 31.0 Å².